The highest BCUT2D eigenvalue weighted by molar-refractivity contribution is 6.31. The summed E-state index contributed by atoms with van der Waals surface area (Å²) >= 11 is 6.02. The molecule has 0 saturated carbocycles. The molecular formula is C20H15ClF3N11. The maximum absolute atomic E-state index is 13.6. The van der Waals surface area contributed by atoms with Crippen LogP contribution in [0.4, 0.5) is 19.0 Å². The maximum Gasteiger partial charge on any atom is 0.418 e. The third-order valence-electron chi connectivity index (χ3n) is 5.43. The van der Waals surface area contributed by atoms with Gasteiger partial charge < -0.3 is 4.90 Å². The van der Waals surface area contributed by atoms with Gasteiger partial charge in [-0.05, 0) is 41.6 Å². The number of aromatic nitrogens is 10. The number of H-pyrrole nitrogens is 1. The van der Waals surface area contributed by atoms with Crippen molar-refractivity contribution in [2.45, 2.75) is 19.1 Å². The van der Waals surface area contributed by atoms with E-state index in [-0.39, 0.29) is 21.7 Å². The molecule has 15 heteroatoms. The quantitative estimate of drug-likeness (QED) is 0.383. The van der Waals surface area contributed by atoms with Crippen molar-refractivity contribution in [2.24, 2.45) is 0 Å². The van der Waals surface area contributed by atoms with Gasteiger partial charge in [-0.3, -0.25) is 0 Å². The molecule has 35 heavy (non-hydrogen) atoms. The third kappa shape index (κ3) is 4.12. The van der Waals surface area contributed by atoms with Crippen molar-refractivity contribution in [3.8, 4) is 17.2 Å². The molecule has 0 unspecified atom stereocenters. The largest absolute Gasteiger partial charge is 0.418 e. The summed E-state index contributed by atoms with van der Waals surface area (Å²) in [5.74, 6) is 1.68. The van der Waals surface area contributed by atoms with Crippen molar-refractivity contribution >= 4 is 28.3 Å². The number of nitrogens with one attached hydrogen (secondary N) is 1. The number of hydrogen-bond acceptors (Lipinski definition) is 9. The van der Waals surface area contributed by atoms with Crippen molar-refractivity contribution in [1.29, 1.82) is 0 Å². The molecule has 4 aromatic heterocycles. The van der Waals surface area contributed by atoms with E-state index in [1.165, 1.54) is 17.1 Å². The summed E-state index contributed by atoms with van der Waals surface area (Å²) < 4.78 is 42.3. The van der Waals surface area contributed by atoms with Gasteiger partial charge in [0.2, 0.25) is 0 Å². The van der Waals surface area contributed by atoms with Crippen molar-refractivity contribution < 1.29 is 13.2 Å². The van der Waals surface area contributed by atoms with Gasteiger partial charge in [0.25, 0.3) is 0 Å². The highest BCUT2D eigenvalue weighted by Crippen LogP contribution is 2.39. The number of fused-ring (bicyclic) bond motifs is 1. The van der Waals surface area contributed by atoms with Gasteiger partial charge in [0.1, 0.15) is 18.5 Å². The first kappa shape index (κ1) is 22.6. The Balaban J connectivity index is 1.52. The first-order valence-electron chi connectivity index (χ1n) is 10.1. The van der Waals surface area contributed by atoms with Crippen molar-refractivity contribution in [1.82, 2.24) is 50.3 Å². The van der Waals surface area contributed by atoms with Crippen LogP contribution in [0.15, 0.2) is 43.1 Å². The molecule has 0 aliphatic rings. The van der Waals surface area contributed by atoms with Gasteiger partial charge in [-0.15, -0.1) is 5.10 Å². The number of tetrazole rings is 1. The second-order valence-electron chi connectivity index (χ2n) is 7.52. The Morgan fingerprint density at radius 3 is 2.60 bits per heavy atom. The van der Waals surface area contributed by atoms with E-state index in [9.17, 15) is 13.2 Å². The van der Waals surface area contributed by atoms with Gasteiger partial charge in [0.15, 0.2) is 17.5 Å². The minimum absolute atomic E-state index is 0.0728. The van der Waals surface area contributed by atoms with Gasteiger partial charge >= 0.3 is 6.18 Å². The molecule has 11 nitrogen and oxygen atoms in total. The standard InChI is InChI=1S/C20H15ClF3N11/c1-10(18-28-9-29-35(18)15-4-3-11(7-25-15)17-30-32-33-31-17)34(2)19-13-5-12(21)6-14(20(22,23)24)16(13)26-8-27-19/h3-10H,1-2H3,(H,30,31,32,33)/t10-/m0/s1. The third-order valence-corrected chi connectivity index (χ3v) is 5.65. The second-order valence-corrected chi connectivity index (χ2v) is 7.95. The number of aromatic amines is 1. The van der Waals surface area contributed by atoms with Crippen LogP contribution in [-0.4, -0.2) is 57.4 Å². The summed E-state index contributed by atoms with van der Waals surface area (Å²) in [6.45, 7) is 1.82. The van der Waals surface area contributed by atoms with Crippen molar-refractivity contribution in [3.63, 3.8) is 0 Å². The van der Waals surface area contributed by atoms with Crippen LogP contribution in [0, 0.1) is 0 Å². The van der Waals surface area contributed by atoms with Crippen molar-refractivity contribution in [2.75, 3.05) is 11.9 Å². The molecule has 0 aliphatic heterocycles. The van der Waals surface area contributed by atoms with E-state index < -0.39 is 17.8 Å². The van der Waals surface area contributed by atoms with E-state index in [1.807, 2.05) is 6.92 Å². The minimum Gasteiger partial charge on any atom is -0.349 e. The summed E-state index contributed by atoms with van der Waals surface area (Å²) in [6, 6.07) is 5.28. The number of pyridine rings is 1. The summed E-state index contributed by atoms with van der Waals surface area (Å²) in [5.41, 5.74) is -0.499. The van der Waals surface area contributed by atoms with Crippen LogP contribution in [0.25, 0.3) is 28.1 Å². The topological polar surface area (TPSA) is 127 Å². The summed E-state index contributed by atoms with van der Waals surface area (Å²) in [6.07, 6.45) is -0.589. The molecule has 1 N–H and O–H groups in total. The number of rotatable bonds is 5. The molecule has 0 fully saturated rings. The lowest BCUT2D eigenvalue weighted by Gasteiger charge is -2.26. The zero-order valence-corrected chi connectivity index (χ0v) is 18.9. The molecule has 0 radical (unpaired) electrons. The minimum atomic E-state index is -4.63. The molecule has 1 aromatic carbocycles. The Labute approximate surface area is 200 Å². The van der Waals surface area contributed by atoms with E-state index in [1.54, 1.807) is 30.3 Å². The lowest BCUT2D eigenvalue weighted by Crippen LogP contribution is -2.26. The van der Waals surface area contributed by atoms with Gasteiger partial charge in [0.05, 0.1) is 17.1 Å². The fourth-order valence-electron chi connectivity index (χ4n) is 3.62. The Hall–Kier alpha value is -4.20. The number of halogens is 4. The average Bonchev–Trinajstić information content (AvgIpc) is 3.54. The van der Waals surface area contributed by atoms with E-state index >= 15 is 0 Å². The molecule has 1 atom stereocenters. The Kier molecular flexibility index (Phi) is 5.51. The SMILES string of the molecule is C[C@@H](c1ncnn1-c1ccc(-c2nnn[nH]2)cn1)N(C)c1ncnc2c(C(F)(F)F)cc(Cl)cc12. The van der Waals surface area contributed by atoms with Gasteiger partial charge in [-0.1, -0.05) is 11.6 Å². The van der Waals surface area contributed by atoms with Gasteiger partial charge in [0, 0.05) is 29.2 Å². The molecule has 0 bridgehead atoms. The Morgan fingerprint density at radius 2 is 1.91 bits per heavy atom. The highest BCUT2D eigenvalue weighted by Gasteiger charge is 2.35. The summed E-state index contributed by atoms with van der Waals surface area (Å²) in [5, 5.41) is 17.9. The molecule has 0 aliphatic carbocycles. The number of alkyl halides is 3. The van der Waals surface area contributed by atoms with Gasteiger partial charge in [-0.25, -0.2) is 25.0 Å². The normalized spacial score (nSPS) is 12.7. The Morgan fingerprint density at radius 1 is 1.09 bits per heavy atom. The van der Waals surface area contributed by atoms with E-state index in [4.69, 9.17) is 11.6 Å². The van der Waals surface area contributed by atoms with Gasteiger partial charge in [-0.2, -0.15) is 23.0 Å². The predicted octanol–water partition coefficient (Wildman–Crippen LogP) is 3.66. The summed E-state index contributed by atoms with van der Waals surface area (Å²) in [7, 11) is 1.69. The smallest absolute Gasteiger partial charge is 0.349 e. The van der Waals surface area contributed by atoms with Crippen LogP contribution in [0.2, 0.25) is 5.02 Å². The summed E-state index contributed by atoms with van der Waals surface area (Å²) in [4.78, 5) is 18.5. The highest BCUT2D eigenvalue weighted by atomic mass is 35.5. The predicted molar refractivity (Wildman–Crippen MR) is 119 cm³/mol. The van der Waals surface area contributed by atoms with E-state index in [0.717, 1.165) is 12.4 Å². The monoisotopic (exact) mass is 501 g/mol. The van der Waals surface area contributed by atoms with Crippen LogP contribution in [0.3, 0.4) is 0 Å². The lowest BCUT2D eigenvalue weighted by atomic mass is 10.1. The lowest BCUT2D eigenvalue weighted by molar-refractivity contribution is -0.136. The zero-order chi connectivity index (χ0) is 24.7. The van der Waals surface area contributed by atoms with Crippen LogP contribution in [0.5, 0.6) is 0 Å². The number of hydrogen-bond donors (Lipinski definition) is 1. The molecule has 5 aromatic rings. The van der Waals surface area contributed by atoms with Crippen LogP contribution < -0.4 is 4.90 Å². The maximum atomic E-state index is 13.6. The number of benzene rings is 1. The molecule has 178 valence electrons. The van der Waals surface area contributed by atoms with Crippen LogP contribution in [-0.2, 0) is 6.18 Å². The molecular weight excluding hydrogens is 487 g/mol. The van der Waals surface area contributed by atoms with Crippen molar-refractivity contribution in [3.05, 3.63) is 59.5 Å². The number of nitrogens with zero attached hydrogens (tertiary/aromatic N) is 10. The van der Waals surface area contributed by atoms with E-state index in [2.05, 4.69) is 45.7 Å². The molecule has 0 spiro atoms. The Bertz CT molecular complexity index is 1480. The molecule has 0 saturated heterocycles. The molecule has 5 rings (SSSR count). The fraction of sp³-hybridized carbons (Fsp3) is 0.200. The fourth-order valence-corrected chi connectivity index (χ4v) is 3.84. The molecule has 4 heterocycles. The molecule has 0 amide bonds. The zero-order valence-electron chi connectivity index (χ0n) is 18.1. The number of anilines is 1. The first-order chi connectivity index (χ1) is 16.7. The van der Waals surface area contributed by atoms with Crippen LogP contribution >= 0.6 is 11.6 Å². The van der Waals surface area contributed by atoms with E-state index in [0.29, 0.717) is 23.0 Å². The average molecular weight is 502 g/mol. The van der Waals surface area contributed by atoms with Crippen LogP contribution in [0.1, 0.15) is 24.4 Å². The second kappa shape index (κ2) is 8.54. The first-order valence-corrected chi connectivity index (χ1v) is 10.5.